The van der Waals surface area contributed by atoms with Crippen molar-refractivity contribution in [3.05, 3.63) is 30.1 Å². The van der Waals surface area contributed by atoms with E-state index >= 15 is 0 Å². The smallest absolute Gasteiger partial charge is 0.140 e. The normalized spacial score (nSPS) is 25.5. The van der Waals surface area contributed by atoms with Crippen LogP contribution in [0.15, 0.2) is 24.5 Å². The monoisotopic (exact) mass is 326 g/mol. The predicted molar refractivity (Wildman–Crippen MR) is 96.1 cm³/mol. The Morgan fingerprint density at radius 3 is 2.92 bits per heavy atom. The highest BCUT2D eigenvalue weighted by Gasteiger charge is 2.44. The number of nitrogens with zero attached hydrogens (tertiary/aromatic N) is 3. The number of nitrogens with two attached hydrogens (primary N) is 1. The zero-order chi connectivity index (χ0) is 16.6. The molecule has 1 unspecified atom stereocenters. The molecule has 1 aromatic heterocycles. The molecule has 2 aliphatic heterocycles. The van der Waals surface area contributed by atoms with Crippen LogP contribution in [0.3, 0.4) is 0 Å². The van der Waals surface area contributed by atoms with Crippen LogP contribution in [0.1, 0.15) is 24.8 Å². The molecule has 24 heavy (non-hydrogen) atoms. The van der Waals surface area contributed by atoms with Gasteiger partial charge in [0.1, 0.15) is 12.1 Å². The van der Waals surface area contributed by atoms with Crippen LogP contribution in [0.2, 0.25) is 0 Å². The largest absolute Gasteiger partial charge is 0.381 e. The molecule has 128 valence electrons. The first-order valence-corrected chi connectivity index (χ1v) is 8.97. The van der Waals surface area contributed by atoms with E-state index in [2.05, 4.69) is 40.0 Å². The zero-order valence-corrected chi connectivity index (χ0v) is 14.4. The van der Waals surface area contributed by atoms with Gasteiger partial charge < -0.3 is 15.4 Å². The Kier molecular flexibility index (Phi) is 4.14. The SMILES string of the molecule is Cc1cccc2ncnc(N3CCC(CN)(C4CCOCC4)C3)c12. The van der Waals surface area contributed by atoms with Gasteiger partial charge in [-0.15, -0.1) is 0 Å². The number of anilines is 1. The van der Waals surface area contributed by atoms with E-state index in [9.17, 15) is 0 Å². The first kappa shape index (κ1) is 15.8. The van der Waals surface area contributed by atoms with Crippen molar-refractivity contribution in [1.29, 1.82) is 0 Å². The van der Waals surface area contributed by atoms with Crippen LogP contribution in [-0.2, 0) is 4.74 Å². The van der Waals surface area contributed by atoms with Crippen molar-refractivity contribution < 1.29 is 4.74 Å². The van der Waals surface area contributed by atoms with Crippen LogP contribution in [0.5, 0.6) is 0 Å². The number of aromatic nitrogens is 2. The van der Waals surface area contributed by atoms with Gasteiger partial charge in [-0.1, -0.05) is 12.1 Å². The molecule has 0 radical (unpaired) electrons. The number of aryl methyl sites for hydroxylation is 1. The fraction of sp³-hybridized carbons (Fsp3) is 0.579. The molecule has 2 fully saturated rings. The molecule has 3 heterocycles. The predicted octanol–water partition coefficient (Wildman–Crippen LogP) is 2.52. The summed E-state index contributed by atoms with van der Waals surface area (Å²) >= 11 is 0. The first-order valence-electron chi connectivity index (χ1n) is 8.97. The van der Waals surface area contributed by atoms with E-state index in [-0.39, 0.29) is 5.41 Å². The summed E-state index contributed by atoms with van der Waals surface area (Å²) in [6.45, 7) is 6.66. The van der Waals surface area contributed by atoms with Crippen molar-refractivity contribution in [3.8, 4) is 0 Å². The highest BCUT2D eigenvalue weighted by atomic mass is 16.5. The summed E-state index contributed by atoms with van der Waals surface area (Å²) in [5, 5.41) is 1.18. The highest BCUT2D eigenvalue weighted by molar-refractivity contribution is 5.92. The summed E-state index contributed by atoms with van der Waals surface area (Å²) in [6, 6.07) is 6.27. The van der Waals surface area contributed by atoms with Crippen molar-refractivity contribution in [2.24, 2.45) is 17.1 Å². The molecule has 4 rings (SSSR count). The molecule has 0 spiro atoms. The van der Waals surface area contributed by atoms with E-state index in [0.717, 1.165) is 63.4 Å². The molecule has 2 aromatic rings. The lowest BCUT2D eigenvalue weighted by molar-refractivity contribution is 0.0203. The summed E-state index contributed by atoms with van der Waals surface area (Å²) < 4.78 is 5.56. The third-order valence-electron chi connectivity index (χ3n) is 6.03. The molecule has 0 aliphatic carbocycles. The number of benzene rings is 1. The van der Waals surface area contributed by atoms with Gasteiger partial charge in [-0.05, 0) is 50.3 Å². The van der Waals surface area contributed by atoms with Gasteiger partial charge in [-0.25, -0.2) is 9.97 Å². The molecule has 2 saturated heterocycles. The quantitative estimate of drug-likeness (QED) is 0.939. The molecule has 5 heteroatoms. The van der Waals surface area contributed by atoms with E-state index in [1.807, 2.05) is 0 Å². The third kappa shape index (κ3) is 2.56. The molecule has 2 aliphatic rings. The lowest BCUT2D eigenvalue weighted by Crippen LogP contribution is -2.43. The Hall–Kier alpha value is -1.72. The second kappa shape index (κ2) is 6.30. The molecular weight excluding hydrogens is 300 g/mol. The molecule has 1 atom stereocenters. The van der Waals surface area contributed by atoms with Crippen LogP contribution < -0.4 is 10.6 Å². The number of ether oxygens (including phenoxy) is 1. The molecule has 5 nitrogen and oxygen atoms in total. The summed E-state index contributed by atoms with van der Waals surface area (Å²) in [5.74, 6) is 1.73. The fourth-order valence-corrected chi connectivity index (χ4v) is 4.55. The van der Waals surface area contributed by atoms with Gasteiger partial charge in [0.25, 0.3) is 0 Å². The minimum Gasteiger partial charge on any atom is -0.381 e. The summed E-state index contributed by atoms with van der Waals surface area (Å²) in [5.41, 5.74) is 8.74. The van der Waals surface area contributed by atoms with Crippen LogP contribution in [0.4, 0.5) is 5.82 Å². The maximum Gasteiger partial charge on any atom is 0.140 e. The van der Waals surface area contributed by atoms with Gasteiger partial charge in [0.2, 0.25) is 0 Å². The van der Waals surface area contributed by atoms with Gasteiger partial charge in [0, 0.05) is 37.1 Å². The van der Waals surface area contributed by atoms with Crippen LogP contribution in [0.25, 0.3) is 10.9 Å². The maximum atomic E-state index is 6.28. The highest BCUT2D eigenvalue weighted by Crippen LogP contribution is 2.44. The minimum atomic E-state index is 0.198. The third-order valence-corrected chi connectivity index (χ3v) is 6.03. The average Bonchev–Trinajstić information content (AvgIpc) is 3.08. The summed E-state index contributed by atoms with van der Waals surface area (Å²) in [6.07, 6.45) is 5.10. The zero-order valence-electron chi connectivity index (χ0n) is 14.4. The second-order valence-electron chi connectivity index (χ2n) is 7.29. The molecular formula is C19H26N4O. The van der Waals surface area contributed by atoms with Crippen molar-refractivity contribution in [2.75, 3.05) is 37.7 Å². The van der Waals surface area contributed by atoms with E-state index < -0.39 is 0 Å². The van der Waals surface area contributed by atoms with Gasteiger partial charge in [-0.3, -0.25) is 0 Å². The second-order valence-corrected chi connectivity index (χ2v) is 7.29. The van der Waals surface area contributed by atoms with Crippen LogP contribution in [-0.4, -0.2) is 42.8 Å². The Labute approximate surface area is 143 Å². The summed E-state index contributed by atoms with van der Waals surface area (Å²) in [4.78, 5) is 11.5. The average molecular weight is 326 g/mol. The summed E-state index contributed by atoms with van der Waals surface area (Å²) in [7, 11) is 0. The Morgan fingerprint density at radius 2 is 2.12 bits per heavy atom. The van der Waals surface area contributed by atoms with Gasteiger partial charge in [0.15, 0.2) is 0 Å². The molecule has 1 aromatic carbocycles. The van der Waals surface area contributed by atoms with E-state index in [1.165, 1.54) is 10.9 Å². The maximum absolute atomic E-state index is 6.28. The number of rotatable bonds is 3. The standard InChI is InChI=1S/C19H26N4O/c1-14-3-2-4-16-17(14)18(22-13-21-16)23-8-7-19(11-20,12-23)15-5-9-24-10-6-15/h2-4,13,15H,5-12,20H2,1H3. The van der Waals surface area contributed by atoms with E-state index in [4.69, 9.17) is 10.5 Å². The van der Waals surface area contributed by atoms with Crippen LogP contribution in [0, 0.1) is 18.3 Å². The molecule has 2 N–H and O–H groups in total. The molecule has 0 bridgehead atoms. The Morgan fingerprint density at radius 1 is 1.29 bits per heavy atom. The molecule has 0 amide bonds. The lowest BCUT2D eigenvalue weighted by Gasteiger charge is -2.39. The first-order chi connectivity index (χ1) is 11.7. The van der Waals surface area contributed by atoms with Gasteiger partial charge in [0.05, 0.1) is 5.52 Å². The van der Waals surface area contributed by atoms with Crippen molar-refractivity contribution in [3.63, 3.8) is 0 Å². The lowest BCUT2D eigenvalue weighted by atomic mass is 9.71. The molecule has 0 saturated carbocycles. The number of fused-ring (bicyclic) bond motifs is 1. The van der Waals surface area contributed by atoms with Crippen LogP contribution >= 0.6 is 0 Å². The topological polar surface area (TPSA) is 64.3 Å². The van der Waals surface area contributed by atoms with Crippen molar-refractivity contribution in [2.45, 2.75) is 26.2 Å². The number of hydrogen-bond donors (Lipinski definition) is 1. The van der Waals surface area contributed by atoms with Crippen molar-refractivity contribution in [1.82, 2.24) is 9.97 Å². The number of hydrogen-bond acceptors (Lipinski definition) is 5. The Balaban J connectivity index is 1.67. The Bertz CT molecular complexity index is 723. The minimum absolute atomic E-state index is 0.198. The fourth-order valence-electron chi connectivity index (χ4n) is 4.55. The van der Waals surface area contributed by atoms with Crippen molar-refractivity contribution >= 4 is 16.7 Å². The van der Waals surface area contributed by atoms with E-state index in [1.54, 1.807) is 6.33 Å². The van der Waals surface area contributed by atoms with E-state index in [0.29, 0.717) is 5.92 Å². The van der Waals surface area contributed by atoms with Gasteiger partial charge >= 0.3 is 0 Å². The van der Waals surface area contributed by atoms with Gasteiger partial charge in [-0.2, -0.15) is 0 Å².